The summed E-state index contributed by atoms with van der Waals surface area (Å²) in [6.07, 6.45) is 1.92. The van der Waals surface area contributed by atoms with Gasteiger partial charge in [0.1, 0.15) is 11.6 Å². The Bertz CT molecular complexity index is 356. The number of halogens is 2. The molecule has 1 nitrogen and oxygen atoms in total. The summed E-state index contributed by atoms with van der Waals surface area (Å²) >= 11 is 5.99. The van der Waals surface area contributed by atoms with Crippen LogP contribution < -0.4 is 0 Å². The lowest BCUT2D eigenvalue weighted by Crippen LogP contribution is -2.04. The van der Waals surface area contributed by atoms with Gasteiger partial charge in [-0.2, -0.15) is 0 Å². The van der Waals surface area contributed by atoms with Crippen LogP contribution in [0.3, 0.4) is 0 Å². The molecule has 0 amide bonds. The van der Waals surface area contributed by atoms with Crippen molar-refractivity contribution < 1.29 is 9.18 Å². The monoisotopic (exact) mass is 242 g/mol. The van der Waals surface area contributed by atoms with Crippen molar-refractivity contribution in [1.29, 1.82) is 0 Å². The van der Waals surface area contributed by atoms with Gasteiger partial charge in [-0.1, -0.05) is 24.6 Å². The first-order valence-electron chi connectivity index (χ1n) is 5.49. The maximum atomic E-state index is 13.6. The summed E-state index contributed by atoms with van der Waals surface area (Å²) in [5, 5.41) is 0.454. The van der Waals surface area contributed by atoms with Gasteiger partial charge in [-0.05, 0) is 37.8 Å². The number of rotatable bonds is 5. The highest BCUT2D eigenvalue weighted by atomic mass is 35.5. The topological polar surface area (TPSA) is 17.1 Å². The Morgan fingerprint density at radius 3 is 2.69 bits per heavy atom. The molecule has 16 heavy (non-hydrogen) atoms. The van der Waals surface area contributed by atoms with E-state index in [1.165, 1.54) is 6.07 Å². The summed E-state index contributed by atoms with van der Waals surface area (Å²) in [5.41, 5.74) is 0.549. The van der Waals surface area contributed by atoms with Crippen LogP contribution in [-0.4, -0.2) is 5.78 Å². The molecular formula is C13H16ClFO. The molecule has 0 aliphatic heterocycles. The average molecular weight is 243 g/mol. The van der Waals surface area contributed by atoms with Crippen LogP contribution in [0.4, 0.5) is 4.39 Å². The molecule has 0 aliphatic rings. The standard InChI is InChI=1S/C13H16ClFO/c1-3-10(8-7-9(2)16)13-11(14)5-4-6-12(13)15/h4-6,10H,3,7-8H2,1-2H3. The molecule has 0 radical (unpaired) electrons. The van der Waals surface area contributed by atoms with Crippen LogP contribution in [-0.2, 0) is 4.79 Å². The van der Waals surface area contributed by atoms with Gasteiger partial charge in [0, 0.05) is 17.0 Å². The van der Waals surface area contributed by atoms with Crippen LogP contribution >= 0.6 is 11.6 Å². The van der Waals surface area contributed by atoms with E-state index in [0.29, 0.717) is 23.4 Å². The largest absolute Gasteiger partial charge is 0.300 e. The fourth-order valence-electron chi connectivity index (χ4n) is 1.83. The van der Waals surface area contributed by atoms with Crippen LogP contribution in [0.1, 0.15) is 44.6 Å². The number of hydrogen-bond donors (Lipinski definition) is 0. The van der Waals surface area contributed by atoms with Crippen molar-refractivity contribution in [3.63, 3.8) is 0 Å². The van der Waals surface area contributed by atoms with Gasteiger partial charge in [-0.25, -0.2) is 4.39 Å². The molecule has 0 N–H and O–H groups in total. The molecule has 1 atom stereocenters. The summed E-state index contributed by atoms with van der Waals surface area (Å²) in [4.78, 5) is 10.9. The molecule has 0 saturated carbocycles. The molecule has 1 aromatic rings. The van der Waals surface area contributed by atoms with E-state index in [-0.39, 0.29) is 17.5 Å². The summed E-state index contributed by atoms with van der Waals surface area (Å²) in [6.45, 7) is 3.53. The third-order valence-electron chi connectivity index (χ3n) is 2.75. The van der Waals surface area contributed by atoms with E-state index < -0.39 is 0 Å². The lowest BCUT2D eigenvalue weighted by molar-refractivity contribution is -0.117. The highest BCUT2D eigenvalue weighted by molar-refractivity contribution is 6.31. The molecule has 0 heterocycles. The van der Waals surface area contributed by atoms with E-state index in [1.807, 2.05) is 6.92 Å². The zero-order chi connectivity index (χ0) is 12.1. The Balaban J connectivity index is 2.90. The number of carbonyl (C=O) groups excluding carboxylic acids is 1. The minimum Gasteiger partial charge on any atom is -0.300 e. The molecule has 0 saturated heterocycles. The molecule has 3 heteroatoms. The molecule has 0 fully saturated rings. The molecular weight excluding hydrogens is 227 g/mol. The Kier molecular flexibility index (Phi) is 4.94. The van der Waals surface area contributed by atoms with Gasteiger partial charge in [0.25, 0.3) is 0 Å². The molecule has 1 rings (SSSR count). The molecule has 88 valence electrons. The highest BCUT2D eigenvalue weighted by Crippen LogP contribution is 2.32. The van der Waals surface area contributed by atoms with Crippen LogP contribution in [0.5, 0.6) is 0 Å². The van der Waals surface area contributed by atoms with E-state index in [4.69, 9.17) is 11.6 Å². The predicted octanol–water partition coefficient (Wildman–Crippen LogP) is 4.34. The van der Waals surface area contributed by atoms with Gasteiger partial charge in [0.2, 0.25) is 0 Å². The van der Waals surface area contributed by atoms with E-state index in [9.17, 15) is 9.18 Å². The second kappa shape index (κ2) is 6.00. The summed E-state index contributed by atoms with van der Waals surface area (Å²) in [6, 6.07) is 4.70. The SMILES string of the molecule is CCC(CCC(C)=O)c1c(F)cccc1Cl. The van der Waals surface area contributed by atoms with Gasteiger partial charge < -0.3 is 4.79 Å². The normalized spacial score (nSPS) is 12.5. The molecule has 0 aromatic heterocycles. The minimum atomic E-state index is -0.275. The number of benzene rings is 1. The fourth-order valence-corrected chi connectivity index (χ4v) is 2.15. The second-order valence-corrected chi connectivity index (χ2v) is 4.39. The second-order valence-electron chi connectivity index (χ2n) is 3.98. The fraction of sp³-hybridized carbons (Fsp3) is 0.462. The van der Waals surface area contributed by atoms with Gasteiger partial charge in [0.05, 0.1) is 0 Å². The molecule has 1 unspecified atom stereocenters. The Hall–Kier alpha value is -0.890. The van der Waals surface area contributed by atoms with E-state index in [1.54, 1.807) is 19.1 Å². The lowest BCUT2D eigenvalue weighted by Gasteiger charge is -2.16. The van der Waals surface area contributed by atoms with Crippen LogP contribution in [0.25, 0.3) is 0 Å². The average Bonchev–Trinajstić information content (AvgIpc) is 2.22. The first-order chi connectivity index (χ1) is 7.56. The first-order valence-corrected chi connectivity index (χ1v) is 5.87. The van der Waals surface area contributed by atoms with Crippen molar-refractivity contribution in [1.82, 2.24) is 0 Å². The smallest absolute Gasteiger partial charge is 0.129 e. The Labute approximate surface area is 101 Å². The van der Waals surface area contributed by atoms with Crippen LogP contribution in [0.2, 0.25) is 5.02 Å². The zero-order valence-corrected chi connectivity index (χ0v) is 10.4. The summed E-state index contributed by atoms with van der Waals surface area (Å²) < 4.78 is 13.6. The van der Waals surface area contributed by atoms with Crippen molar-refractivity contribution in [2.75, 3.05) is 0 Å². The predicted molar refractivity (Wildman–Crippen MR) is 64.4 cm³/mol. The molecule has 0 spiro atoms. The van der Waals surface area contributed by atoms with Gasteiger partial charge >= 0.3 is 0 Å². The van der Waals surface area contributed by atoms with Crippen molar-refractivity contribution in [2.24, 2.45) is 0 Å². The van der Waals surface area contributed by atoms with E-state index in [0.717, 1.165) is 6.42 Å². The third kappa shape index (κ3) is 3.31. The van der Waals surface area contributed by atoms with Gasteiger partial charge in [0.15, 0.2) is 0 Å². The van der Waals surface area contributed by atoms with Crippen molar-refractivity contribution in [2.45, 2.75) is 39.0 Å². The van der Waals surface area contributed by atoms with E-state index >= 15 is 0 Å². The van der Waals surface area contributed by atoms with Crippen molar-refractivity contribution in [3.8, 4) is 0 Å². The summed E-state index contributed by atoms with van der Waals surface area (Å²) in [5.74, 6) is -0.119. The van der Waals surface area contributed by atoms with Crippen LogP contribution in [0, 0.1) is 5.82 Å². The van der Waals surface area contributed by atoms with Gasteiger partial charge in [-0.15, -0.1) is 0 Å². The summed E-state index contributed by atoms with van der Waals surface area (Å²) in [7, 11) is 0. The van der Waals surface area contributed by atoms with Crippen molar-refractivity contribution in [3.05, 3.63) is 34.6 Å². The number of hydrogen-bond acceptors (Lipinski definition) is 1. The minimum absolute atomic E-state index is 0.0256. The highest BCUT2D eigenvalue weighted by Gasteiger charge is 2.17. The molecule has 0 bridgehead atoms. The third-order valence-corrected chi connectivity index (χ3v) is 3.08. The Morgan fingerprint density at radius 1 is 1.50 bits per heavy atom. The van der Waals surface area contributed by atoms with Crippen molar-refractivity contribution >= 4 is 17.4 Å². The maximum absolute atomic E-state index is 13.6. The maximum Gasteiger partial charge on any atom is 0.129 e. The Morgan fingerprint density at radius 2 is 2.19 bits per heavy atom. The lowest BCUT2D eigenvalue weighted by atomic mass is 9.91. The zero-order valence-electron chi connectivity index (χ0n) is 9.59. The number of ketones is 1. The van der Waals surface area contributed by atoms with Crippen LogP contribution in [0.15, 0.2) is 18.2 Å². The first kappa shape index (κ1) is 13.2. The van der Waals surface area contributed by atoms with E-state index in [2.05, 4.69) is 0 Å². The number of Topliss-reactive ketones (excluding diaryl/α,β-unsaturated/α-hetero) is 1. The quantitative estimate of drug-likeness (QED) is 0.751. The molecule has 0 aliphatic carbocycles. The van der Waals surface area contributed by atoms with Gasteiger partial charge in [-0.3, -0.25) is 0 Å². The number of carbonyl (C=O) groups is 1. The molecule has 1 aromatic carbocycles.